The number of ketones is 1. The molecule has 0 saturated heterocycles. The Bertz CT molecular complexity index is 731. The van der Waals surface area contributed by atoms with Crippen LogP contribution in [0.15, 0.2) is 42.6 Å². The van der Waals surface area contributed by atoms with E-state index in [1.807, 2.05) is 0 Å². The number of nitrogens with zero attached hydrogens (tertiary/aromatic N) is 1. The maximum absolute atomic E-state index is 12.7. The molecule has 6 nitrogen and oxygen atoms in total. The van der Waals surface area contributed by atoms with Gasteiger partial charge in [0.2, 0.25) is 5.91 Å². The molecular weight excluding hydrogens is 296 g/mol. The number of nitrogens with one attached hydrogen (secondary N) is 1. The Labute approximate surface area is 133 Å². The molecule has 1 aromatic heterocycles. The van der Waals surface area contributed by atoms with Crippen LogP contribution in [0, 0.1) is 5.92 Å². The predicted octanol–water partition coefficient (Wildman–Crippen LogP) is 2.31. The molecule has 1 unspecified atom stereocenters. The molecule has 1 aromatic carbocycles. The second-order valence-corrected chi connectivity index (χ2v) is 5.12. The highest BCUT2D eigenvalue weighted by molar-refractivity contribution is 6.14. The number of amides is 1. The Hall–Kier alpha value is -2.89. The Kier molecular flexibility index (Phi) is 4.23. The molecule has 23 heavy (non-hydrogen) atoms. The fraction of sp³-hybridized carbons (Fsp3) is 0.235. The zero-order chi connectivity index (χ0) is 16.2. The monoisotopic (exact) mass is 312 g/mol. The van der Waals surface area contributed by atoms with Crippen molar-refractivity contribution in [1.82, 2.24) is 4.98 Å². The lowest BCUT2D eigenvalue weighted by Gasteiger charge is -2.12. The van der Waals surface area contributed by atoms with Crippen molar-refractivity contribution in [2.75, 3.05) is 19.0 Å². The van der Waals surface area contributed by atoms with Crippen LogP contribution in [0.1, 0.15) is 16.8 Å². The molecular formula is C17H16N2O4. The van der Waals surface area contributed by atoms with Gasteiger partial charge in [-0.2, -0.15) is 0 Å². The zero-order valence-electron chi connectivity index (χ0n) is 12.6. The van der Waals surface area contributed by atoms with E-state index >= 15 is 0 Å². The molecule has 1 N–H and O–H groups in total. The summed E-state index contributed by atoms with van der Waals surface area (Å²) in [5.74, 6) is -0.0279. The summed E-state index contributed by atoms with van der Waals surface area (Å²) in [6.07, 6.45) is 1.89. The number of anilines is 1. The second kappa shape index (κ2) is 6.48. The number of methoxy groups -OCH3 is 1. The van der Waals surface area contributed by atoms with Gasteiger partial charge in [-0.25, -0.2) is 4.98 Å². The van der Waals surface area contributed by atoms with Gasteiger partial charge in [0.1, 0.15) is 23.2 Å². The largest absolute Gasteiger partial charge is 0.497 e. The van der Waals surface area contributed by atoms with Crippen LogP contribution in [0.3, 0.4) is 0 Å². The van der Waals surface area contributed by atoms with Gasteiger partial charge in [0.25, 0.3) is 0 Å². The van der Waals surface area contributed by atoms with Crippen molar-refractivity contribution in [2.24, 2.45) is 5.92 Å². The topological polar surface area (TPSA) is 77.5 Å². The highest BCUT2D eigenvalue weighted by Crippen LogP contribution is 2.30. The van der Waals surface area contributed by atoms with E-state index in [-0.39, 0.29) is 11.7 Å². The third kappa shape index (κ3) is 3.15. The van der Waals surface area contributed by atoms with Crippen LogP contribution in [0.25, 0.3) is 0 Å². The van der Waals surface area contributed by atoms with Crippen molar-refractivity contribution in [2.45, 2.75) is 6.42 Å². The normalized spacial score (nSPS) is 16.7. The van der Waals surface area contributed by atoms with Gasteiger partial charge in [0.15, 0.2) is 5.78 Å². The number of rotatable bonds is 3. The summed E-state index contributed by atoms with van der Waals surface area (Å²) in [4.78, 5) is 29.2. The van der Waals surface area contributed by atoms with Gasteiger partial charge in [0, 0.05) is 12.6 Å². The fourth-order valence-corrected chi connectivity index (χ4v) is 2.46. The van der Waals surface area contributed by atoms with E-state index in [2.05, 4.69) is 10.3 Å². The molecule has 0 fully saturated rings. The lowest BCUT2D eigenvalue weighted by atomic mass is 9.94. The van der Waals surface area contributed by atoms with E-state index in [1.54, 1.807) is 42.6 Å². The highest BCUT2D eigenvalue weighted by Gasteiger charge is 2.32. The average Bonchev–Trinajstić information content (AvgIpc) is 2.74. The number of hydrogen-bond acceptors (Lipinski definition) is 5. The van der Waals surface area contributed by atoms with Crippen molar-refractivity contribution in [1.29, 1.82) is 0 Å². The van der Waals surface area contributed by atoms with E-state index in [0.717, 1.165) is 0 Å². The molecule has 2 heterocycles. The molecule has 0 radical (unpaired) electrons. The summed E-state index contributed by atoms with van der Waals surface area (Å²) in [6.45, 7) is 0.297. The number of fused-ring (bicyclic) bond motifs is 1. The lowest BCUT2D eigenvalue weighted by molar-refractivity contribution is -0.118. The van der Waals surface area contributed by atoms with Gasteiger partial charge in [-0.3, -0.25) is 9.59 Å². The van der Waals surface area contributed by atoms with Gasteiger partial charge in [-0.05, 0) is 30.3 Å². The van der Waals surface area contributed by atoms with Gasteiger partial charge in [0.05, 0.1) is 19.3 Å². The first kappa shape index (κ1) is 15.0. The average molecular weight is 312 g/mol. The standard InChI is InChI=1S/C17H16N2O4/c1-22-11-5-6-14-13(10-11)16(20)12(7-9-23-14)17(21)19-15-4-2-3-8-18-15/h2-6,8,10,12H,7,9H2,1H3,(H,18,19,21). The Morgan fingerprint density at radius 1 is 1.35 bits per heavy atom. The molecule has 2 aromatic rings. The van der Waals surface area contributed by atoms with Crippen molar-refractivity contribution < 1.29 is 19.1 Å². The van der Waals surface area contributed by atoms with E-state index < -0.39 is 5.92 Å². The number of carbonyl (C=O) groups excluding carboxylic acids is 2. The maximum Gasteiger partial charge on any atom is 0.236 e. The minimum absolute atomic E-state index is 0.273. The molecule has 0 spiro atoms. The minimum Gasteiger partial charge on any atom is -0.497 e. The molecule has 1 aliphatic rings. The van der Waals surface area contributed by atoms with Gasteiger partial charge >= 0.3 is 0 Å². The summed E-state index contributed by atoms with van der Waals surface area (Å²) in [5, 5.41) is 2.67. The van der Waals surface area contributed by atoms with Crippen LogP contribution in [-0.4, -0.2) is 30.4 Å². The van der Waals surface area contributed by atoms with E-state index in [4.69, 9.17) is 9.47 Å². The Balaban J connectivity index is 1.85. The highest BCUT2D eigenvalue weighted by atomic mass is 16.5. The zero-order valence-corrected chi connectivity index (χ0v) is 12.6. The summed E-state index contributed by atoms with van der Waals surface area (Å²) in [7, 11) is 1.52. The van der Waals surface area contributed by atoms with E-state index in [1.165, 1.54) is 7.11 Å². The van der Waals surface area contributed by atoms with Crippen molar-refractivity contribution in [3.8, 4) is 11.5 Å². The Morgan fingerprint density at radius 2 is 2.22 bits per heavy atom. The molecule has 1 amide bonds. The van der Waals surface area contributed by atoms with Crippen LogP contribution in [-0.2, 0) is 4.79 Å². The van der Waals surface area contributed by atoms with Crippen LogP contribution in [0.4, 0.5) is 5.82 Å². The van der Waals surface area contributed by atoms with Gasteiger partial charge in [-0.1, -0.05) is 6.07 Å². The summed E-state index contributed by atoms with van der Waals surface area (Å²) >= 11 is 0. The van der Waals surface area contributed by atoms with Crippen molar-refractivity contribution >= 4 is 17.5 Å². The number of aromatic nitrogens is 1. The molecule has 1 aliphatic heterocycles. The van der Waals surface area contributed by atoms with Crippen molar-refractivity contribution in [3.05, 3.63) is 48.2 Å². The number of hydrogen-bond donors (Lipinski definition) is 1. The number of pyridine rings is 1. The van der Waals surface area contributed by atoms with Gasteiger partial charge in [-0.15, -0.1) is 0 Å². The minimum atomic E-state index is -0.814. The predicted molar refractivity (Wildman–Crippen MR) is 83.8 cm³/mol. The third-order valence-electron chi connectivity index (χ3n) is 3.67. The Morgan fingerprint density at radius 3 is 2.96 bits per heavy atom. The van der Waals surface area contributed by atoms with Crippen LogP contribution in [0.5, 0.6) is 11.5 Å². The van der Waals surface area contributed by atoms with E-state index in [9.17, 15) is 9.59 Å². The summed E-state index contributed by atoms with van der Waals surface area (Å²) in [5.41, 5.74) is 0.364. The number of benzene rings is 1. The van der Waals surface area contributed by atoms with Gasteiger partial charge < -0.3 is 14.8 Å². The summed E-state index contributed by atoms with van der Waals surface area (Å²) in [6, 6.07) is 10.2. The first-order valence-corrected chi connectivity index (χ1v) is 7.26. The van der Waals surface area contributed by atoms with Crippen LogP contribution in [0.2, 0.25) is 0 Å². The molecule has 0 saturated carbocycles. The van der Waals surface area contributed by atoms with Crippen molar-refractivity contribution in [3.63, 3.8) is 0 Å². The smallest absolute Gasteiger partial charge is 0.236 e. The molecule has 118 valence electrons. The molecule has 3 rings (SSSR count). The SMILES string of the molecule is COc1ccc2c(c1)C(=O)C(C(=O)Nc1ccccn1)CCO2. The van der Waals surface area contributed by atoms with Crippen LogP contribution >= 0.6 is 0 Å². The first-order valence-electron chi connectivity index (χ1n) is 7.26. The second-order valence-electron chi connectivity index (χ2n) is 5.12. The van der Waals surface area contributed by atoms with Crippen LogP contribution < -0.4 is 14.8 Å². The number of ether oxygens (including phenoxy) is 2. The molecule has 1 atom stereocenters. The third-order valence-corrected chi connectivity index (χ3v) is 3.67. The van der Waals surface area contributed by atoms with E-state index in [0.29, 0.717) is 35.9 Å². The number of carbonyl (C=O) groups is 2. The molecule has 0 aliphatic carbocycles. The maximum atomic E-state index is 12.7. The number of Topliss-reactive ketones (excluding diaryl/α,β-unsaturated/α-hetero) is 1. The lowest BCUT2D eigenvalue weighted by Crippen LogP contribution is -2.30. The fourth-order valence-electron chi connectivity index (χ4n) is 2.46. The first-order chi connectivity index (χ1) is 11.2. The quantitative estimate of drug-likeness (QED) is 0.880. The summed E-state index contributed by atoms with van der Waals surface area (Å²) < 4.78 is 10.7. The molecule has 0 bridgehead atoms. The molecule has 6 heteroatoms.